The standard InChI is InChI=1S/C30H21N5/c1-20-17-26-29(31-19-20)35-28-16-6-5-15-27(28)34(30(35)33-26)23-12-7-11-22(18-23)25-14-8-13-24(32-25)21-9-3-2-4-10-21/h2-19H,1H3/i1D3. The van der Waals surface area contributed by atoms with Gasteiger partial charge in [0.2, 0.25) is 5.78 Å². The number of nitrogens with zero attached hydrogens (tertiary/aromatic N) is 5. The SMILES string of the molecule is [2H]C([2H])([2H])c1cnc2c(c1)nc1n(-c3cccc(-c4cccc(-c5ccccc5)n4)c3)c3ccccc3n21. The number of benzene rings is 3. The second-order valence-electron chi connectivity index (χ2n) is 8.46. The number of pyridine rings is 2. The number of hydrogen-bond acceptors (Lipinski definition) is 3. The van der Waals surface area contributed by atoms with Crippen LogP contribution in [0.15, 0.2) is 109 Å². The van der Waals surface area contributed by atoms with Crippen LogP contribution in [0.2, 0.25) is 0 Å². The maximum absolute atomic E-state index is 7.78. The summed E-state index contributed by atoms with van der Waals surface area (Å²) in [6.45, 7) is -2.25. The molecule has 0 amide bonds. The van der Waals surface area contributed by atoms with Crippen LogP contribution in [0.5, 0.6) is 0 Å². The van der Waals surface area contributed by atoms with E-state index in [9.17, 15) is 0 Å². The highest BCUT2D eigenvalue weighted by atomic mass is 15.2. The van der Waals surface area contributed by atoms with Crippen molar-refractivity contribution in [3.63, 3.8) is 0 Å². The lowest BCUT2D eigenvalue weighted by Gasteiger charge is -2.09. The number of aromatic nitrogens is 5. The molecule has 0 saturated carbocycles. The smallest absolute Gasteiger partial charge is 0.221 e. The summed E-state index contributed by atoms with van der Waals surface area (Å²) in [5, 5.41) is 0. The van der Waals surface area contributed by atoms with Crippen LogP contribution < -0.4 is 0 Å². The lowest BCUT2D eigenvalue weighted by atomic mass is 10.1. The molecule has 0 saturated heterocycles. The third-order valence-corrected chi connectivity index (χ3v) is 6.26. The number of aryl methyl sites for hydroxylation is 1. The van der Waals surface area contributed by atoms with Gasteiger partial charge < -0.3 is 0 Å². The number of fused-ring (bicyclic) bond motifs is 5. The zero-order valence-electron chi connectivity index (χ0n) is 21.6. The quantitative estimate of drug-likeness (QED) is 0.293. The first-order valence-electron chi connectivity index (χ1n) is 12.9. The third-order valence-electron chi connectivity index (χ3n) is 6.26. The predicted molar refractivity (Wildman–Crippen MR) is 141 cm³/mol. The maximum Gasteiger partial charge on any atom is 0.221 e. The van der Waals surface area contributed by atoms with E-state index in [2.05, 4.69) is 33.8 Å². The van der Waals surface area contributed by atoms with E-state index in [0.29, 0.717) is 16.9 Å². The van der Waals surface area contributed by atoms with Gasteiger partial charge in [0.1, 0.15) is 5.52 Å². The molecule has 0 spiro atoms. The number of para-hydroxylation sites is 2. The summed E-state index contributed by atoms with van der Waals surface area (Å²) in [7, 11) is 0. The molecule has 0 fully saturated rings. The lowest BCUT2D eigenvalue weighted by Crippen LogP contribution is -1.96. The van der Waals surface area contributed by atoms with Gasteiger partial charge in [-0.05, 0) is 54.9 Å². The van der Waals surface area contributed by atoms with Crippen LogP contribution in [0.3, 0.4) is 0 Å². The Hall–Kier alpha value is -4.77. The van der Waals surface area contributed by atoms with E-state index in [4.69, 9.17) is 14.1 Å². The molecule has 0 aliphatic carbocycles. The minimum absolute atomic E-state index is 0.174. The molecule has 7 rings (SSSR count). The molecule has 0 N–H and O–H groups in total. The van der Waals surface area contributed by atoms with Gasteiger partial charge in [-0.25, -0.2) is 15.0 Å². The van der Waals surface area contributed by atoms with E-state index in [1.807, 2.05) is 77.2 Å². The van der Waals surface area contributed by atoms with Gasteiger partial charge in [-0.3, -0.25) is 8.97 Å². The van der Waals surface area contributed by atoms with E-state index in [0.717, 1.165) is 39.2 Å². The van der Waals surface area contributed by atoms with Gasteiger partial charge in [0.15, 0.2) is 5.65 Å². The van der Waals surface area contributed by atoms with E-state index in [-0.39, 0.29) is 5.56 Å². The zero-order chi connectivity index (χ0) is 25.9. The fourth-order valence-electron chi connectivity index (χ4n) is 4.70. The zero-order valence-corrected chi connectivity index (χ0v) is 18.6. The molecule has 0 radical (unpaired) electrons. The molecular formula is C30H21N5. The summed E-state index contributed by atoms with van der Waals surface area (Å²) in [6, 6.07) is 34.0. The van der Waals surface area contributed by atoms with Crippen molar-refractivity contribution in [3.8, 4) is 28.2 Å². The lowest BCUT2D eigenvalue weighted by molar-refractivity contribution is 1.10. The van der Waals surface area contributed by atoms with Gasteiger partial charge >= 0.3 is 0 Å². The van der Waals surface area contributed by atoms with E-state index < -0.39 is 6.85 Å². The van der Waals surface area contributed by atoms with E-state index in [1.54, 1.807) is 6.07 Å². The Morgan fingerprint density at radius 2 is 1.43 bits per heavy atom. The van der Waals surface area contributed by atoms with Crippen molar-refractivity contribution in [1.29, 1.82) is 0 Å². The second kappa shape index (κ2) is 7.64. The molecule has 35 heavy (non-hydrogen) atoms. The average molecular weight is 455 g/mol. The summed E-state index contributed by atoms with van der Waals surface area (Å²) in [6.07, 6.45) is 1.42. The monoisotopic (exact) mass is 454 g/mol. The van der Waals surface area contributed by atoms with E-state index in [1.165, 1.54) is 6.20 Å². The Morgan fingerprint density at radius 1 is 0.686 bits per heavy atom. The van der Waals surface area contributed by atoms with Gasteiger partial charge in [0, 0.05) is 27.1 Å². The van der Waals surface area contributed by atoms with Crippen molar-refractivity contribution in [1.82, 2.24) is 23.9 Å². The number of imidazole rings is 2. The summed E-state index contributed by atoms with van der Waals surface area (Å²) < 4.78 is 27.4. The second-order valence-corrected chi connectivity index (χ2v) is 8.46. The van der Waals surface area contributed by atoms with E-state index >= 15 is 0 Å². The minimum atomic E-state index is -2.25. The molecule has 7 aromatic rings. The fraction of sp³-hybridized carbons (Fsp3) is 0.0333. The van der Waals surface area contributed by atoms with Gasteiger partial charge in [-0.15, -0.1) is 0 Å². The molecule has 0 atom stereocenters. The molecule has 5 heteroatoms. The van der Waals surface area contributed by atoms with Gasteiger partial charge in [0.25, 0.3) is 0 Å². The van der Waals surface area contributed by atoms with Crippen molar-refractivity contribution in [2.45, 2.75) is 6.85 Å². The number of rotatable bonds is 3. The van der Waals surface area contributed by atoms with Gasteiger partial charge in [-0.2, -0.15) is 0 Å². The van der Waals surface area contributed by atoms with Crippen molar-refractivity contribution < 1.29 is 4.11 Å². The Bertz CT molecular complexity index is 1970. The molecule has 3 aromatic carbocycles. The molecule has 0 bridgehead atoms. The minimum Gasteiger partial charge on any atom is -0.278 e. The third kappa shape index (κ3) is 3.13. The molecule has 0 aliphatic heterocycles. The molecular weight excluding hydrogens is 430 g/mol. The Kier molecular flexibility index (Phi) is 3.66. The molecule has 0 unspecified atom stereocenters. The van der Waals surface area contributed by atoms with Crippen molar-refractivity contribution in [2.75, 3.05) is 0 Å². The molecule has 4 aromatic heterocycles. The fourth-order valence-corrected chi connectivity index (χ4v) is 4.70. The topological polar surface area (TPSA) is 48.0 Å². The highest BCUT2D eigenvalue weighted by Gasteiger charge is 2.18. The van der Waals surface area contributed by atoms with Crippen molar-refractivity contribution in [3.05, 3.63) is 115 Å². The van der Waals surface area contributed by atoms with Crippen LogP contribution in [0.1, 0.15) is 9.68 Å². The normalized spacial score (nSPS) is 13.2. The Labute approximate surface area is 206 Å². The van der Waals surface area contributed by atoms with Crippen LogP contribution in [-0.4, -0.2) is 23.9 Å². The van der Waals surface area contributed by atoms with Crippen molar-refractivity contribution in [2.24, 2.45) is 0 Å². The summed E-state index contributed by atoms with van der Waals surface area (Å²) in [5.41, 5.74) is 8.01. The summed E-state index contributed by atoms with van der Waals surface area (Å²) in [5.74, 6) is 0.666. The first-order valence-corrected chi connectivity index (χ1v) is 11.4. The van der Waals surface area contributed by atoms with Crippen molar-refractivity contribution >= 4 is 28.0 Å². The van der Waals surface area contributed by atoms with Crippen LogP contribution in [0.4, 0.5) is 0 Å². The highest BCUT2D eigenvalue weighted by Crippen LogP contribution is 2.30. The first-order chi connectivity index (χ1) is 18.5. The predicted octanol–water partition coefficient (Wildman–Crippen LogP) is 6.86. The van der Waals surface area contributed by atoms with Gasteiger partial charge in [-0.1, -0.05) is 60.7 Å². The molecule has 4 heterocycles. The number of hydrogen-bond donors (Lipinski definition) is 0. The highest BCUT2D eigenvalue weighted by molar-refractivity contribution is 5.90. The largest absolute Gasteiger partial charge is 0.278 e. The van der Waals surface area contributed by atoms with Crippen LogP contribution >= 0.6 is 0 Å². The average Bonchev–Trinajstić information content (AvgIpc) is 3.47. The van der Waals surface area contributed by atoms with Gasteiger partial charge in [0.05, 0.1) is 22.4 Å². The van der Waals surface area contributed by atoms with Crippen LogP contribution in [0.25, 0.3) is 56.2 Å². The Morgan fingerprint density at radius 3 is 2.29 bits per heavy atom. The summed E-state index contributed by atoms with van der Waals surface area (Å²) >= 11 is 0. The molecule has 5 nitrogen and oxygen atoms in total. The maximum atomic E-state index is 7.78. The first kappa shape index (κ1) is 16.8. The molecule has 166 valence electrons. The summed E-state index contributed by atoms with van der Waals surface area (Å²) in [4.78, 5) is 14.3. The molecule has 0 aliphatic rings. The van der Waals surface area contributed by atoms with Crippen LogP contribution in [0, 0.1) is 6.85 Å². The Balaban J connectivity index is 1.43. The van der Waals surface area contributed by atoms with Crippen LogP contribution in [-0.2, 0) is 0 Å².